The summed E-state index contributed by atoms with van der Waals surface area (Å²) in [5.74, 6) is -0.327. The Kier molecular flexibility index (Phi) is 46.0. The molecule has 0 aliphatic carbocycles. The van der Waals surface area contributed by atoms with E-state index in [-0.39, 0.29) is 19.2 Å². The summed E-state index contributed by atoms with van der Waals surface area (Å²) in [5.41, 5.74) is 0. The third kappa shape index (κ3) is 39.1. The molecule has 1 fully saturated rings. The number of unbranched alkanes of at least 4 members (excludes halogenated alkanes) is 22. The Bertz CT molecular complexity index is 1320. The van der Waals surface area contributed by atoms with Crippen LogP contribution < -0.4 is 0 Å². The maximum absolute atomic E-state index is 12.9. The van der Waals surface area contributed by atoms with E-state index in [0.29, 0.717) is 13.0 Å². The van der Waals surface area contributed by atoms with Crippen LogP contribution in [-0.4, -0.2) is 89.6 Å². The second kappa shape index (κ2) is 49.4. The second-order valence-electron chi connectivity index (χ2n) is 18.6. The van der Waals surface area contributed by atoms with Gasteiger partial charge in [0.25, 0.3) is 0 Å². The Morgan fingerprint density at radius 1 is 0.485 bits per heavy atom. The lowest BCUT2D eigenvalue weighted by atomic mass is 9.99. The quantitative estimate of drug-likeness (QED) is 0.0267. The van der Waals surface area contributed by atoms with E-state index in [1.165, 1.54) is 116 Å². The molecule has 0 amide bonds. The molecule has 1 saturated heterocycles. The average Bonchev–Trinajstić information content (AvgIpc) is 3.34. The monoisotopic (exact) mass is 955 g/mol. The van der Waals surface area contributed by atoms with Crippen LogP contribution in [0.25, 0.3) is 0 Å². The van der Waals surface area contributed by atoms with Gasteiger partial charge < -0.3 is 39.4 Å². The van der Waals surface area contributed by atoms with Crippen molar-refractivity contribution >= 4 is 5.97 Å². The first-order valence-electron chi connectivity index (χ1n) is 27.7. The number of aliphatic hydroxyl groups excluding tert-OH is 4. The molecule has 0 aromatic carbocycles. The lowest BCUT2D eigenvalue weighted by Crippen LogP contribution is -2.59. The molecule has 0 spiro atoms. The van der Waals surface area contributed by atoms with Crippen LogP contribution in [0.5, 0.6) is 0 Å². The number of esters is 1. The van der Waals surface area contributed by atoms with Gasteiger partial charge in [-0.1, -0.05) is 208 Å². The SMILES string of the molecule is CC/C=C\C/C=C\C/C=C\C/C=C\CCCCCCCCCCCCCCCOCC(COC1OC(CO)C(O)C(O)C1O)OC(=O)CCCCCCCC/C=C\C/C=C\C/C=C\CCCCC. The molecule has 9 heteroatoms. The lowest BCUT2D eigenvalue weighted by Gasteiger charge is -2.39. The predicted molar refractivity (Wildman–Crippen MR) is 283 cm³/mol. The van der Waals surface area contributed by atoms with Crippen molar-refractivity contribution in [3.63, 3.8) is 0 Å². The highest BCUT2D eigenvalue weighted by Crippen LogP contribution is 2.23. The van der Waals surface area contributed by atoms with Gasteiger partial charge in [0.05, 0.1) is 19.8 Å². The molecular formula is C59H102O9. The number of carbonyl (C=O) groups is 1. The zero-order valence-corrected chi connectivity index (χ0v) is 43.3. The summed E-state index contributed by atoms with van der Waals surface area (Å²) < 4.78 is 22.9. The van der Waals surface area contributed by atoms with E-state index in [4.69, 9.17) is 18.9 Å². The van der Waals surface area contributed by atoms with Gasteiger partial charge in [0, 0.05) is 13.0 Å². The Labute approximate surface area is 416 Å². The first-order chi connectivity index (χ1) is 33.4. The molecule has 6 atom stereocenters. The standard InChI is InChI=1S/C59H102O9/c1-3-5-7-9-11-13-15-17-19-21-23-24-25-26-27-28-29-31-33-35-37-39-41-43-45-47-49-65-51-53(52-66-59-58(64)57(63)56(62)54(50-60)68-59)67-55(61)48-46-44-42-40-38-36-34-32-30-22-20-18-16-14-12-10-8-6-4-2/h5,7,11-14,17-20,23-24,30,32,53-54,56-60,62-64H,3-4,6,8-10,15-16,21-22,25-29,31,33-52H2,1-2H3/b7-5-,13-11-,14-12-,19-17-,20-18-,24-23-,32-30-. The number of rotatable bonds is 47. The van der Waals surface area contributed by atoms with Crippen LogP contribution in [0, 0.1) is 0 Å². The molecule has 0 radical (unpaired) electrons. The molecule has 1 aliphatic rings. The van der Waals surface area contributed by atoms with Gasteiger partial charge in [-0.15, -0.1) is 0 Å². The minimum Gasteiger partial charge on any atom is -0.457 e. The van der Waals surface area contributed by atoms with Crippen molar-refractivity contribution in [2.24, 2.45) is 0 Å². The molecule has 0 aromatic heterocycles. The van der Waals surface area contributed by atoms with Crippen LogP contribution in [0.2, 0.25) is 0 Å². The molecule has 1 heterocycles. The number of allylic oxidation sites excluding steroid dienone is 14. The maximum atomic E-state index is 12.9. The molecule has 4 N–H and O–H groups in total. The van der Waals surface area contributed by atoms with Crippen molar-refractivity contribution < 1.29 is 44.2 Å². The summed E-state index contributed by atoms with van der Waals surface area (Å²) in [6.07, 6.45) is 60.5. The zero-order chi connectivity index (χ0) is 49.2. The van der Waals surface area contributed by atoms with Crippen molar-refractivity contribution in [2.45, 2.75) is 256 Å². The zero-order valence-electron chi connectivity index (χ0n) is 43.3. The van der Waals surface area contributed by atoms with Crippen LogP contribution >= 0.6 is 0 Å². The van der Waals surface area contributed by atoms with E-state index in [1.54, 1.807) is 0 Å². The third-order valence-corrected chi connectivity index (χ3v) is 12.3. The Hall–Kier alpha value is -2.63. The van der Waals surface area contributed by atoms with E-state index >= 15 is 0 Å². The minimum atomic E-state index is -1.54. The van der Waals surface area contributed by atoms with Gasteiger partial charge in [-0.2, -0.15) is 0 Å². The Morgan fingerprint density at radius 3 is 1.35 bits per heavy atom. The third-order valence-electron chi connectivity index (χ3n) is 12.3. The Morgan fingerprint density at radius 2 is 0.897 bits per heavy atom. The van der Waals surface area contributed by atoms with Crippen molar-refractivity contribution in [2.75, 3.05) is 26.4 Å². The van der Waals surface area contributed by atoms with Crippen LogP contribution in [0.1, 0.15) is 219 Å². The normalized spacial score (nSPS) is 19.8. The summed E-state index contributed by atoms with van der Waals surface area (Å²) in [6.45, 7) is 4.41. The maximum Gasteiger partial charge on any atom is 0.306 e. The molecule has 6 unspecified atom stereocenters. The van der Waals surface area contributed by atoms with Gasteiger partial charge in [0.1, 0.15) is 30.5 Å². The van der Waals surface area contributed by atoms with Crippen LogP contribution in [0.3, 0.4) is 0 Å². The molecule has 68 heavy (non-hydrogen) atoms. The molecule has 392 valence electrons. The summed E-state index contributed by atoms with van der Waals surface area (Å²) in [6, 6.07) is 0. The highest BCUT2D eigenvalue weighted by molar-refractivity contribution is 5.69. The predicted octanol–water partition coefficient (Wildman–Crippen LogP) is 14.1. The molecular weight excluding hydrogens is 853 g/mol. The summed E-state index contributed by atoms with van der Waals surface area (Å²) in [7, 11) is 0. The largest absolute Gasteiger partial charge is 0.457 e. The van der Waals surface area contributed by atoms with Gasteiger partial charge >= 0.3 is 5.97 Å². The number of ether oxygens (including phenoxy) is 4. The molecule has 1 rings (SSSR count). The molecule has 0 bridgehead atoms. The van der Waals surface area contributed by atoms with Crippen molar-refractivity contribution in [3.05, 3.63) is 85.1 Å². The second-order valence-corrected chi connectivity index (χ2v) is 18.6. The van der Waals surface area contributed by atoms with Crippen molar-refractivity contribution in [1.82, 2.24) is 0 Å². The first-order valence-corrected chi connectivity index (χ1v) is 27.7. The van der Waals surface area contributed by atoms with Crippen LogP contribution in [0.15, 0.2) is 85.1 Å². The van der Waals surface area contributed by atoms with E-state index in [1.807, 2.05) is 0 Å². The van der Waals surface area contributed by atoms with Gasteiger partial charge in [-0.05, 0) is 89.9 Å². The average molecular weight is 955 g/mol. The van der Waals surface area contributed by atoms with Crippen LogP contribution in [-0.2, 0) is 23.7 Å². The fraction of sp³-hybridized carbons (Fsp3) is 0.746. The summed E-state index contributed by atoms with van der Waals surface area (Å²) >= 11 is 0. The van der Waals surface area contributed by atoms with Gasteiger partial charge in [-0.3, -0.25) is 4.79 Å². The van der Waals surface area contributed by atoms with E-state index in [9.17, 15) is 25.2 Å². The Balaban J connectivity index is 2.18. The lowest BCUT2D eigenvalue weighted by molar-refractivity contribution is -0.305. The van der Waals surface area contributed by atoms with Crippen LogP contribution in [0.4, 0.5) is 0 Å². The number of aliphatic hydroxyl groups is 4. The molecule has 1 aliphatic heterocycles. The molecule has 0 saturated carbocycles. The highest BCUT2D eigenvalue weighted by Gasteiger charge is 2.44. The number of carbonyl (C=O) groups excluding carboxylic acids is 1. The highest BCUT2D eigenvalue weighted by atomic mass is 16.7. The number of hydrogen-bond donors (Lipinski definition) is 4. The summed E-state index contributed by atoms with van der Waals surface area (Å²) in [5, 5.41) is 40.3. The molecule has 0 aromatic rings. The topological polar surface area (TPSA) is 135 Å². The van der Waals surface area contributed by atoms with Gasteiger partial charge in [0.2, 0.25) is 0 Å². The van der Waals surface area contributed by atoms with E-state index in [0.717, 1.165) is 83.5 Å². The fourth-order valence-corrected chi connectivity index (χ4v) is 8.02. The minimum absolute atomic E-state index is 0.123. The summed E-state index contributed by atoms with van der Waals surface area (Å²) in [4.78, 5) is 12.9. The molecule has 9 nitrogen and oxygen atoms in total. The fourth-order valence-electron chi connectivity index (χ4n) is 8.02. The van der Waals surface area contributed by atoms with Gasteiger partial charge in [0.15, 0.2) is 6.29 Å². The van der Waals surface area contributed by atoms with Crippen molar-refractivity contribution in [3.8, 4) is 0 Å². The number of hydrogen-bond acceptors (Lipinski definition) is 9. The van der Waals surface area contributed by atoms with E-state index in [2.05, 4.69) is 98.9 Å². The van der Waals surface area contributed by atoms with E-state index < -0.39 is 43.4 Å². The first kappa shape index (κ1) is 63.4. The van der Waals surface area contributed by atoms with Crippen molar-refractivity contribution in [1.29, 1.82) is 0 Å². The smallest absolute Gasteiger partial charge is 0.306 e. The van der Waals surface area contributed by atoms with Gasteiger partial charge in [-0.25, -0.2) is 0 Å².